The molecule has 3 heterocycles. The zero-order valence-electron chi connectivity index (χ0n) is 12.7. The molecule has 1 fully saturated rings. The molecule has 0 spiro atoms. The normalized spacial score (nSPS) is 14.9. The Balaban J connectivity index is 1.74. The van der Waals surface area contributed by atoms with Gasteiger partial charge in [0.15, 0.2) is 5.82 Å². The SMILES string of the molecule is Cc1cc(N2CCCC2)n2nc(Cc3ccccc3)nc2n1. The van der Waals surface area contributed by atoms with Crippen LogP contribution in [0, 0.1) is 6.92 Å². The first-order valence-corrected chi connectivity index (χ1v) is 7.82. The van der Waals surface area contributed by atoms with Gasteiger partial charge in [-0.1, -0.05) is 30.3 Å². The van der Waals surface area contributed by atoms with Crippen LogP contribution in [-0.2, 0) is 6.42 Å². The van der Waals surface area contributed by atoms with Gasteiger partial charge in [0.25, 0.3) is 5.78 Å². The van der Waals surface area contributed by atoms with Crippen LogP contribution in [0.3, 0.4) is 0 Å². The van der Waals surface area contributed by atoms with Crippen molar-refractivity contribution in [1.29, 1.82) is 0 Å². The van der Waals surface area contributed by atoms with E-state index in [2.05, 4.69) is 33.1 Å². The second-order valence-corrected chi connectivity index (χ2v) is 5.85. The number of anilines is 1. The Hall–Kier alpha value is -2.43. The number of hydrogen-bond donors (Lipinski definition) is 0. The van der Waals surface area contributed by atoms with E-state index >= 15 is 0 Å². The van der Waals surface area contributed by atoms with E-state index in [4.69, 9.17) is 5.10 Å². The summed E-state index contributed by atoms with van der Waals surface area (Å²) in [5, 5.41) is 4.70. The molecule has 1 aromatic carbocycles. The summed E-state index contributed by atoms with van der Waals surface area (Å²) in [5.41, 5.74) is 2.21. The average Bonchev–Trinajstić information content (AvgIpc) is 3.16. The molecule has 0 radical (unpaired) electrons. The number of nitrogens with zero attached hydrogens (tertiary/aromatic N) is 5. The van der Waals surface area contributed by atoms with Crippen molar-refractivity contribution in [2.24, 2.45) is 0 Å². The number of benzene rings is 1. The molecule has 0 bridgehead atoms. The smallest absolute Gasteiger partial charge is 0.254 e. The fraction of sp³-hybridized carbons (Fsp3) is 0.353. The highest BCUT2D eigenvalue weighted by molar-refractivity contribution is 5.48. The van der Waals surface area contributed by atoms with Crippen LogP contribution in [0.1, 0.15) is 29.9 Å². The predicted molar refractivity (Wildman–Crippen MR) is 86.2 cm³/mol. The van der Waals surface area contributed by atoms with E-state index < -0.39 is 0 Å². The maximum absolute atomic E-state index is 4.70. The molecule has 2 aromatic heterocycles. The predicted octanol–water partition coefficient (Wildman–Crippen LogP) is 2.62. The highest BCUT2D eigenvalue weighted by atomic mass is 15.4. The molecule has 1 aliphatic heterocycles. The van der Waals surface area contributed by atoms with Crippen molar-refractivity contribution < 1.29 is 0 Å². The summed E-state index contributed by atoms with van der Waals surface area (Å²) < 4.78 is 1.90. The van der Waals surface area contributed by atoms with E-state index in [9.17, 15) is 0 Å². The van der Waals surface area contributed by atoms with Gasteiger partial charge < -0.3 is 4.90 Å². The van der Waals surface area contributed by atoms with Crippen molar-refractivity contribution in [3.05, 3.63) is 53.5 Å². The average molecular weight is 293 g/mol. The molecule has 112 valence electrons. The summed E-state index contributed by atoms with van der Waals surface area (Å²) in [7, 11) is 0. The van der Waals surface area contributed by atoms with Gasteiger partial charge in [0.1, 0.15) is 5.82 Å². The third kappa shape index (κ3) is 2.43. The van der Waals surface area contributed by atoms with E-state index in [1.54, 1.807) is 0 Å². The maximum Gasteiger partial charge on any atom is 0.254 e. The van der Waals surface area contributed by atoms with Gasteiger partial charge in [-0.2, -0.15) is 9.50 Å². The van der Waals surface area contributed by atoms with Gasteiger partial charge in [-0.3, -0.25) is 0 Å². The molecule has 22 heavy (non-hydrogen) atoms. The summed E-state index contributed by atoms with van der Waals surface area (Å²) in [6, 6.07) is 12.4. The molecule has 3 aromatic rings. The lowest BCUT2D eigenvalue weighted by molar-refractivity contribution is 0.829. The minimum absolute atomic E-state index is 0.702. The van der Waals surface area contributed by atoms with Gasteiger partial charge in [-0.15, -0.1) is 5.10 Å². The molecule has 0 N–H and O–H groups in total. The highest BCUT2D eigenvalue weighted by Gasteiger charge is 2.18. The van der Waals surface area contributed by atoms with Crippen molar-refractivity contribution in [3.63, 3.8) is 0 Å². The molecular formula is C17H19N5. The third-order valence-corrected chi connectivity index (χ3v) is 4.10. The quantitative estimate of drug-likeness (QED) is 0.745. The summed E-state index contributed by atoms with van der Waals surface area (Å²) in [4.78, 5) is 11.5. The standard InChI is InChI=1S/C17H19N5/c1-13-11-16(21-9-5-6-10-21)22-17(18-13)19-15(20-22)12-14-7-3-2-4-8-14/h2-4,7-8,11H,5-6,9-10,12H2,1H3. The van der Waals surface area contributed by atoms with Crippen LogP contribution in [0.25, 0.3) is 5.78 Å². The number of aryl methyl sites for hydroxylation is 1. The van der Waals surface area contributed by atoms with Crippen LogP contribution in [-0.4, -0.2) is 32.7 Å². The van der Waals surface area contributed by atoms with E-state index in [-0.39, 0.29) is 0 Å². The first kappa shape index (κ1) is 13.2. The van der Waals surface area contributed by atoms with Crippen molar-refractivity contribution in [2.75, 3.05) is 18.0 Å². The second kappa shape index (κ2) is 5.40. The molecular weight excluding hydrogens is 274 g/mol. The van der Waals surface area contributed by atoms with Crippen molar-refractivity contribution >= 4 is 11.6 Å². The van der Waals surface area contributed by atoms with Gasteiger partial charge in [-0.25, -0.2) is 4.98 Å². The molecule has 0 aliphatic carbocycles. The van der Waals surface area contributed by atoms with Gasteiger partial charge in [0, 0.05) is 31.3 Å². The summed E-state index contributed by atoms with van der Waals surface area (Å²) in [5.74, 6) is 2.64. The van der Waals surface area contributed by atoms with Crippen LogP contribution in [0.4, 0.5) is 5.82 Å². The Morgan fingerprint density at radius 1 is 1.05 bits per heavy atom. The van der Waals surface area contributed by atoms with E-state index in [1.807, 2.05) is 29.6 Å². The first-order valence-electron chi connectivity index (χ1n) is 7.82. The van der Waals surface area contributed by atoms with Crippen molar-refractivity contribution in [2.45, 2.75) is 26.2 Å². The summed E-state index contributed by atoms with van der Waals surface area (Å²) in [6.07, 6.45) is 3.23. The molecule has 0 amide bonds. The van der Waals surface area contributed by atoms with Crippen molar-refractivity contribution in [3.8, 4) is 0 Å². The Bertz CT molecular complexity index is 787. The highest BCUT2D eigenvalue weighted by Crippen LogP contribution is 2.21. The lowest BCUT2D eigenvalue weighted by atomic mass is 10.1. The number of rotatable bonds is 3. The van der Waals surface area contributed by atoms with Gasteiger partial charge in [0.2, 0.25) is 0 Å². The number of aromatic nitrogens is 4. The molecule has 4 rings (SSSR count). The van der Waals surface area contributed by atoms with E-state index in [0.29, 0.717) is 5.78 Å². The van der Waals surface area contributed by atoms with Crippen LogP contribution in [0.15, 0.2) is 36.4 Å². The fourth-order valence-electron chi connectivity index (χ4n) is 3.03. The Labute approximate surface area is 129 Å². The first-order chi connectivity index (χ1) is 10.8. The third-order valence-electron chi connectivity index (χ3n) is 4.10. The molecule has 0 unspecified atom stereocenters. The zero-order chi connectivity index (χ0) is 14.9. The molecule has 0 atom stereocenters. The van der Waals surface area contributed by atoms with Crippen LogP contribution >= 0.6 is 0 Å². The fourth-order valence-corrected chi connectivity index (χ4v) is 3.03. The largest absolute Gasteiger partial charge is 0.356 e. The summed E-state index contributed by atoms with van der Waals surface area (Å²) >= 11 is 0. The lowest BCUT2D eigenvalue weighted by Crippen LogP contribution is -2.21. The minimum atomic E-state index is 0.702. The minimum Gasteiger partial charge on any atom is -0.356 e. The van der Waals surface area contributed by atoms with E-state index in [0.717, 1.165) is 36.8 Å². The van der Waals surface area contributed by atoms with Crippen LogP contribution < -0.4 is 4.90 Å². The van der Waals surface area contributed by atoms with E-state index in [1.165, 1.54) is 18.4 Å². The Morgan fingerprint density at radius 2 is 1.82 bits per heavy atom. The van der Waals surface area contributed by atoms with Gasteiger partial charge in [0.05, 0.1) is 0 Å². The topological polar surface area (TPSA) is 46.3 Å². The summed E-state index contributed by atoms with van der Waals surface area (Å²) in [6.45, 7) is 4.20. The maximum atomic E-state index is 4.70. The molecule has 5 nitrogen and oxygen atoms in total. The zero-order valence-corrected chi connectivity index (χ0v) is 12.7. The monoisotopic (exact) mass is 293 g/mol. The second-order valence-electron chi connectivity index (χ2n) is 5.85. The number of hydrogen-bond acceptors (Lipinski definition) is 4. The molecule has 1 saturated heterocycles. The van der Waals surface area contributed by atoms with Crippen molar-refractivity contribution in [1.82, 2.24) is 19.6 Å². The number of fused-ring (bicyclic) bond motifs is 1. The van der Waals surface area contributed by atoms with Crippen LogP contribution in [0.2, 0.25) is 0 Å². The lowest BCUT2D eigenvalue weighted by Gasteiger charge is -2.18. The Kier molecular flexibility index (Phi) is 3.25. The van der Waals surface area contributed by atoms with Gasteiger partial charge in [-0.05, 0) is 25.3 Å². The van der Waals surface area contributed by atoms with Crippen LogP contribution in [0.5, 0.6) is 0 Å². The Morgan fingerprint density at radius 3 is 2.59 bits per heavy atom. The molecule has 0 saturated carbocycles. The van der Waals surface area contributed by atoms with Gasteiger partial charge >= 0.3 is 0 Å². The molecule has 1 aliphatic rings. The molecule has 5 heteroatoms.